The zero-order chi connectivity index (χ0) is 22.5. The standard InChI is InChI=1S/C26H26N4O2S/c1-31-24-10-7-20(17-25(24)33-28-18-19-5-3-2-4-6-19)21-8-9-22-26(29-21)23(11-12-27-22)30-13-15-32-16-14-30/h2-12,17,28H,13-16,18H2,1H3. The molecule has 5 rings (SSSR count). The number of rotatable bonds is 7. The van der Waals surface area contributed by atoms with Crippen LogP contribution in [0.25, 0.3) is 22.3 Å². The van der Waals surface area contributed by atoms with Crippen molar-refractivity contribution in [3.63, 3.8) is 0 Å². The Morgan fingerprint density at radius 1 is 1.03 bits per heavy atom. The summed E-state index contributed by atoms with van der Waals surface area (Å²) < 4.78 is 14.6. The Labute approximate surface area is 198 Å². The van der Waals surface area contributed by atoms with E-state index < -0.39 is 0 Å². The molecule has 2 aromatic heterocycles. The van der Waals surface area contributed by atoms with Gasteiger partial charge in [0.25, 0.3) is 0 Å². The SMILES string of the molecule is COc1ccc(-c2ccc3nccc(N4CCOCC4)c3n2)cc1SNCc1ccccc1. The molecular weight excluding hydrogens is 432 g/mol. The van der Waals surface area contributed by atoms with Crippen molar-refractivity contribution in [2.24, 2.45) is 0 Å². The van der Waals surface area contributed by atoms with Gasteiger partial charge in [0.15, 0.2) is 0 Å². The van der Waals surface area contributed by atoms with Crippen molar-refractivity contribution in [2.75, 3.05) is 38.3 Å². The molecule has 0 unspecified atom stereocenters. The van der Waals surface area contributed by atoms with E-state index in [0.29, 0.717) is 0 Å². The van der Waals surface area contributed by atoms with E-state index in [4.69, 9.17) is 14.5 Å². The third-order valence-corrected chi connectivity index (χ3v) is 6.50. The number of aromatic nitrogens is 2. The minimum Gasteiger partial charge on any atom is -0.496 e. The molecule has 0 bridgehead atoms. The van der Waals surface area contributed by atoms with E-state index in [1.165, 1.54) is 5.56 Å². The largest absolute Gasteiger partial charge is 0.496 e. The first-order chi connectivity index (χ1) is 16.3. The first-order valence-corrected chi connectivity index (χ1v) is 11.8. The van der Waals surface area contributed by atoms with Gasteiger partial charge in [0.1, 0.15) is 11.3 Å². The lowest BCUT2D eigenvalue weighted by Crippen LogP contribution is -2.36. The summed E-state index contributed by atoms with van der Waals surface area (Å²) in [4.78, 5) is 12.9. The van der Waals surface area contributed by atoms with Crippen molar-refractivity contribution < 1.29 is 9.47 Å². The summed E-state index contributed by atoms with van der Waals surface area (Å²) >= 11 is 1.57. The number of morpholine rings is 1. The van der Waals surface area contributed by atoms with Gasteiger partial charge < -0.3 is 14.4 Å². The monoisotopic (exact) mass is 458 g/mol. The van der Waals surface area contributed by atoms with Crippen LogP contribution in [0.4, 0.5) is 5.69 Å². The van der Waals surface area contributed by atoms with Crippen LogP contribution in [0.1, 0.15) is 5.56 Å². The average Bonchev–Trinajstić information content (AvgIpc) is 2.89. The summed E-state index contributed by atoms with van der Waals surface area (Å²) in [5.74, 6) is 0.834. The molecule has 4 aromatic rings. The van der Waals surface area contributed by atoms with Gasteiger partial charge in [0.2, 0.25) is 0 Å². The summed E-state index contributed by atoms with van der Waals surface area (Å²) in [6.07, 6.45) is 1.86. The molecule has 1 N–H and O–H groups in total. The lowest BCUT2D eigenvalue weighted by Gasteiger charge is -2.29. The van der Waals surface area contributed by atoms with Crippen LogP contribution in [-0.2, 0) is 11.3 Å². The van der Waals surface area contributed by atoms with Gasteiger partial charge in [0, 0.05) is 31.4 Å². The zero-order valence-corrected chi connectivity index (χ0v) is 19.3. The maximum Gasteiger partial charge on any atom is 0.133 e. The number of benzene rings is 2. The fraction of sp³-hybridized carbons (Fsp3) is 0.231. The number of pyridine rings is 2. The molecule has 33 heavy (non-hydrogen) atoms. The predicted molar refractivity (Wildman–Crippen MR) is 134 cm³/mol. The summed E-state index contributed by atoms with van der Waals surface area (Å²) in [5.41, 5.74) is 6.12. The third kappa shape index (κ3) is 4.95. The number of hydrogen-bond donors (Lipinski definition) is 1. The number of methoxy groups -OCH3 is 1. The van der Waals surface area contributed by atoms with E-state index in [1.54, 1.807) is 19.1 Å². The highest BCUT2D eigenvalue weighted by molar-refractivity contribution is 7.97. The molecule has 0 amide bonds. The zero-order valence-electron chi connectivity index (χ0n) is 18.5. The molecule has 3 heterocycles. The molecule has 1 fully saturated rings. The maximum atomic E-state index is 5.60. The van der Waals surface area contributed by atoms with Crippen LogP contribution in [0, 0.1) is 0 Å². The van der Waals surface area contributed by atoms with Crippen LogP contribution in [0.5, 0.6) is 5.75 Å². The first-order valence-electron chi connectivity index (χ1n) is 11.0. The fourth-order valence-corrected chi connectivity index (χ4v) is 4.77. The Morgan fingerprint density at radius 2 is 1.88 bits per heavy atom. The maximum absolute atomic E-state index is 5.60. The van der Waals surface area contributed by atoms with Gasteiger partial charge in [-0.1, -0.05) is 30.3 Å². The molecule has 0 aliphatic carbocycles. The van der Waals surface area contributed by atoms with Crippen molar-refractivity contribution in [3.8, 4) is 17.0 Å². The number of fused-ring (bicyclic) bond motifs is 1. The van der Waals surface area contributed by atoms with Crippen molar-refractivity contribution >= 4 is 28.7 Å². The van der Waals surface area contributed by atoms with Gasteiger partial charge in [0.05, 0.1) is 42.1 Å². The predicted octanol–water partition coefficient (Wildman–Crippen LogP) is 4.94. The molecular formula is C26H26N4O2S. The Bertz CT molecular complexity index is 1230. The van der Waals surface area contributed by atoms with E-state index in [0.717, 1.165) is 71.5 Å². The number of anilines is 1. The Kier molecular flexibility index (Phi) is 6.71. The van der Waals surface area contributed by atoms with Crippen molar-refractivity contribution in [3.05, 3.63) is 78.5 Å². The van der Waals surface area contributed by atoms with Gasteiger partial charge >= 0.3 is 0 Å². The van der Waals surface area contributed by atoms with Gasteiger partial charge in [-0.05, 0) is 53.9 Å². The summed E-state index contributed by atoms with van der Waals surface area (Å²) in [6, 6.07) is 22.7. The van der Waals surface area contributed by atoms with E-state index in [9.17, 15) is 0 Å². The number of nitrogens with zero attached hydrogens (tertiary/aromatic N) is 3. The van der Waals surface area contributed by atoms with E-state index in [2.05, 4.69) is 38.9 Å². The molecule has 1 saturated heterocycles. The Hall–Kier alpha value is -3.13. The summed E-state index contributed by atoms with van der Waals surface area (Å²) in [6.45, 7) is 3.96. The average molecular weight is 459 g/mol. The quantitative estimate of drug-likeness (QED) is 0.394. The first kappa shape index (κ1) is 21.7. The molecule has 0 radical (unpaired) electrons. The lowest BCUT2D eigenvalue weighted by atomic mass is 10.1. The molecule has 0 atom stereocenters. The summed E-state index contributed by atoms with van der Waals surface area (Å²) in [7, 11) is 1.70. The van der Waals surface area contributed by atoms with Crippen LogP contribution in [0.2, 0.25) is 0 Å². The Morgan fingerprint density at radius 3 is 2.70 bits per heavy atom. The smallest absolute Gasteiger partial charge is 0.133 e. The molecule has 7 heteroatoms. The third-order valence-electron chi connectivity index (χ3n) is 5.68. The van der Waals surface area contributed by atoms with E-state index >= 15 is 0 Å². The van der Waals surface area contributed by atoms with Gasteiger partial charge in [-0.2, -0.15) is 0 Å². The van der Waals surface area contributed by atoms with Crippen molar-refractivity contribution in [1.82, 2.24) is 14.7 Å². The van der Waals surface area contributed by atoms with E-state index in [-0.39, 0.29) is 0 Å². The van der Waals surface area contributed by atoms with Gasteiger partial charge in [-0.15, -0.1) is 0 Å². The van der Waals surface area contributed by atoms with Crippen LogP contribution >= 0.6 is 11.9 Å². The number of hydrogen-bond acceptors (Lipinski definition) is 7. The van der Waals surface area contributed by atoms with Crippen LogP contribution < -0.4 is 14.4 Å². The minimum absolute atomic E-state index is 0.735. The van der Waals surface area contributed by atoms with Gasteiger partial charge in [-0.25, -0.2) is 4.98 Å². The number of ether oxygens (including phenoxy) is 2. The lowest BCUT2D eigenvalue weighted by molar-refractivity contribution is 0.123. The highest BCUT2D eigenvalue weighted by Crippen LogP contribution is 2.33. The molecule has 2 aromatic carbocycles. The van der Waals surface area contributed by atoms with Crippen molar-refractivity contribution in [2.45, 2.75) is 11.4 Å². The molecule has 0 spiro atoms. The van der Waals surface area contributed by atoms with Crippen molar-refractivity contribution in [1.29, 1.82) is 0 Å². The van der Waals surface area contributed by atoms with Crippen LogP contribution in [-0.4, -0.2) is 43.4 Å². The van der Waals surface area contributed by atoms with Crippen LogP contribution in [0.15, 0.2) is 77.8 Å². The molecule has 0 saturated carbocycles. The molecule has 1 aliphatic rings. The molecule has 168 valence electrons. The highest BCUT2D eigenvalue weighted by Gasteiger charge is 2.16. The second kappa shape index (κ2) is 10.2. The fourth-order valence-electron chi connectivity index (χ4n) is 3.94. The minimum atomic E-state index is 0.735. The molecule has 6 nitrogen and oxygen atoms in total. The molecule has 1 aliphatic heterocycles. The van der Waals surface area contributed by atoms with E-state index in [1.807, 2.05) is 48.7 Å². The van der Waals surface area contributed by atoms with Gasteiger partial charge in [-0.3, -0.25) is 9.71 Å². The second-order valence-electron chi connectivity index (χ2n) is 7.77. The highest BCUT2D eigenvalue weighted by atomic mass is 32.2. The second-order valence-corrected chi connectivity index (χ2v) is 8.70. The van der Waals surface area contributed by atoms with Crippen LogP contribution in [0.3, 0.4) is 0 Å². The normalized spacial score (nSPS) is 13.9. The number of nitrogens with one attached hydrogen (secondary N) is 1. The topological polar surface area (TPSA) is 59.5 Å². The summed E-state index contributed by atoms with van der Waals surface area (Å²) in [5, 5.41) is 0. The Balaban J connectivity index is 1.43.